The van der Waals surface area contributed by atoms with E-state index in [1.807, 2.05) is 6.08 Å². The predicted molar refractivity (Wildman–Crippen MR) is 255 cm³/mol. The Labute approximate surface area is 368 Å². The lowest BCUT2D eigenvalue weighted by Crippen LogP contribution is -2.45. The summed E-state index contributed by atoms with van der Waals surface area (Å²) in [7, 11) is 0. The summed E-state index contributed by atoms with van der Waals surface area (Å²) in [6.45, 7) is 4.86. The number of esters is 1. The monoisotopic (exact) mass is 834 g/mol. The first kappa shape index (κ1) is 57.6. The molecule has 6 nitrogen and oxygen atoms in total. The average molecular weight is 834 g/mol. The Morgan fingerprint density at radius 3 is 1.15 bits per heavy atom. The molecule has 3 N–H and O–H groups in total. The molecule has 0 fully saturated rings. The highest BCUT2D eigenvalue weighted by atomic mass is 16.5. The zero-order chi connectivity index (χ0) is 43.0. The number of hydrogen-bond donors (Lipinski definition) is 3. The Bertz CT molecular complexity index is 878. The SMILES string of the molecule is CCCCCCCCCCCCCCCCCCCCC/C=C/C(O)C(CO)NC(=O)CCCCCCCCCCCCOC(=O)CCCCCCCCCCCCC. The first-order chi connectivity index (χ1) is 29.0. The third-order valence-electron chi connectivity index (χ3n) is 12.3. The molecule has 0 aliphatic carbocycles. The Balaban J connectivity index is 3.52. The summed E-state index contributed by atoms with van der Waals surface area (Å²) in [5, 5.41) is 23.1. The predicted octanol–water partition coefficient (Wildman–Crippen LogP) is 15.7. The van der Waals surface area contributed by atoms with Gasteiger partial charge in [0.05, 0.1) is 25.4 Å². The molecule has 0 saturated carbocycles. The van der Waals surface area contributed by atoms with Gasteiger partial charge in [-0.1, -0.05) is 257 Å². The van der Waals surface area contributed by atoms with Crippen LogP contribution in [0.5, 0.6) is 0 Å². The molecule has 2 atom stereocenters. The van der Waals surface area contributed by atoms with Crippen molar-refractivity contribution in [3.8, 4) is 0 Å². The van der Waals surface area contributed by atoms with Crippen LogP contribution in [0.2, 0.25) is 0 Å². The number of amides is 1. The second-order valence-corrected chi connectivity index (χ2v) is 18.2. The van der Waals surface area contributed by atoms with E-state index in [9.17, 15) is 19.8 Å². The molecule has 0 aromatic rings. The molecule has 0 aromatic carbocycles. The summed E-state index contributed by atoms with van der Waals surface area (Å²) in [6, 6.07) is -0.643. The van der Waals surface area contributed by atoms with Crippen molar-refractivity contribution in [2.75, 3.05) is 13.2 Å². The first-order valence-corrected chi connectivity index (χ1v) is 26.5. The van der Waals surface area contributed by atoms with Crippen molar-refractivity contribution < 1.29 is 24.5 Å². The molecule has 0 aromatic heterocycles. The maximum Gasteiger partial charge on any atom is 0.305 e. The second kappa shape index (κ2) is 49.3. The number of ether oxygens (including phenoxy) is 1. The highest BCUT2D eigenvalue weighted by molar-refractivity contribution is 5.76. The molecule has 350 valence electrons. The van der Waals surface area contributed by atoms with Crippen molar-refractivity contribution in [3.63, 3.8) is 0 Å². The molecule has 0 aliphatic rings. The topological polar surface area (TPSA) is 95.9 Å². The summed E-state index contributed by atoms with van der Waals surface area (Å²) in [5.74, 6) is -0.108. The van der Waals surface area contributed by atoms with E-state index in [0.29, 0.717) is 19.4 Å². The largest absolute Gasteiger partial charge is 0.466 e. The molecule has 0 spiro atoms. The summed E-state index contributed by atoms with van der Waals surface area (Å²) in [5.41, 5.74) is 0. The van der Waals surface area contributed by atoms with Crippen molar-refractivity contribution in [2.24, 2.45) is 0 Å². The van der Waals surface area contributed by atoms with Gasteiger partial charge in [-0.2, -0.15) is 0 Å². The number of aliphatic hydroxyl groups excluding tert-OH is 2. The molecule has 0 bridgehead atoms. The fourth-order valence-electron chi connectivity index (χ4n) is 8.22. The number of carbonyl (C=O) groups is 2. The van der Waals surface area contributed by atoms with Crippen LogP contribution in [-0.4, -0.2) is 47.4 Å². The molecule has 6 heteroatoms. The zero-order valence-electron chi connectivity index (χ0n) is 39.7. The van der Waals surface area contributed by atoms with Crippen LogP contribution >= 0.6 is 0 Å². The van der Waals surface area contributed by atoms with Crippen LogP contribution in [0.4, 0.5) is 0 Å². The highest BCUT2D eigenvalue weighted by Gasteiger charge is 2.18. The number of carbonyl (C=O) groups excluding carboxylic acids is 2. The number of allylic oxidation sites excluding steroid dienone is 1. The van der Waals surface area contributed by atoms with Gasteiger partial charge in [-0.3, -0.25) is 9.59 Å². The van der Waals surface area contributed by atoms with E-state index >= 15 is 0 Å². The van der Waals surface area contributed by atoms with Crippen LogP contribution in [0.25, 0.3) is 0 Å². The third kappa shape index (κ3) is 45.9. The van der Waals surface area contributed by atoms with Crippen LogP contribution < -0.4 is 5.32 Å². The maximum atomic E-state index is 12.4. The van der Waals surface area contributed by atoms with Gasteiger partial charge in [0.1, 0.15) is 0 Å². The van der Waals surface area contributed by atoms with Crippen LogP contribution in [-0.2, 0) is 14.3 Å². The summed E-state index contributed by atoms with van der Waals surface area (Å²) in [4.78, 5) is 24.4. The van der Waals surface area contributed by atoms with E-state index in [1.165, 1.54) is 205 Å². The van der Waals surface area contributed by atoms with Gasteiger partial charge in [0, 0.05) is 12.8 Å². The number of hydrogen-bond acceptors (Lipinski definition) is 5. The minimum Gasteiger partial charge on any atom is -0.466 e. The van der Waals surface area contributed by atoms with E-state index in [-0.39, 0.29) is 18.5 Å². The Kier molecular flexibility index (Phi) is 48.1. The Hall–Kier alpha value is -1.40. The summed E-state index contributed by atoms with van der Waals surface area (Å²) in [6.07, 6.45) is 56.4. The number of nitrogens with one attached hydrogen (secondary N) is 1. The first-order valence-electron chi connectivity index (χ1n) is 26.5. The molecular weight excluding hydrogens is 731 g/mol. The van der Waals surface area contributed by atoms with E-state index in [2.05, 4.69) is 19.2 Å². The fourth-order valence-corrected chi connectivity index (χ4v) is 8.22. The highest BCUT2D eigenvalue weighted by Crippen LogP contribution is 2.17. The van der Waals surface area contributed by atoms with E-state index in [4.69, 9.17) is 4.74 Å². The molecule has 0 radical (unpaired) electrons. The van der Waals surface area contributed by atoms with Crippen LogP contribution in [0.1, 0.15) is 290 Å². The van der Waals surface area contributed by atoms with Gasteiger partial charge in [-0.15, -0.1) is 0 Å². The van der Waals surface area contributed by atoms with Crippen LogP contribution in [0, 0.1) is 0 Å². The van der Waals surface area contributed by atoms with Gasteiger partial charge in [-0.05, 0) is 32.1 Å². The lowest BCUT2D eigenvalue weighted by molar-refractivity contribution is -0.143. The van der Waals surface area contributed by atoms with Crippen LogP contribution in [0.3, 0.4) is 0 Å². The van der Waals surface area contributed by atoms with Crippen molar-refractivity contribution in [2.45, 2.75) is 302 Å². The Morgan fingerprint density at radius 1 is 0.458 bits per heavy atom. The van der Waals surface area contributed by atoms with Gasteiger partial charge in [0.25, 0.3) is 0 Å². The van der Waals surface area contributed by atoms with Crippen LogP contribution in [0.15, 0.2) is 12.2 Å². The molecule has 2 unspecified atom stereocenters. The van der Waals surface area contributed by atoms with Gasteiger partial charge < -0.3 is 20.3 Å². The van der Waals surface area contributed by atoms with Crippen molar-refractivity contribution in [3.05, 3.63) is 12.2 Å². The molecule has 0 saturated heterocycles. The standard InChI is InChI=1S/C53H103NO5/c1-3-5-7-9-11-13-15-16-17-18-19-20-21-22-23-24-26-29-33-37-41-45-51(56)50(49-55)54-52(57)46-42-38-34-30-27-28-32-36-40-44-48-59-53(58)47-43-39-35-31-25-14-12-10-8-6-4-2/h41,45,50-51,55-56H,3-40,42-44,46-49H2,1-2H3,(H,54,57)/b45-41+. The van der Waals surface area contributed by atoms with E-state index in [0.717, 1.165) is 57.8 Å². The lowest BCUT2D eigenvalue weighted by Gasteiger charge is -2.20. The molecule has 59 heavy (non-hydrogen) atoms. The quantitative estimate of drug-likeness (QED) is 0.0322. The molecule has 0 heterocycles. The smallest absolute Gasteiger partial charge is 0.305 e. The summed E-state index contributed by atoms with van der Waals surface area (Å²) >= 11 is 0. The number of aliphatic hydroxyl groups is 2. The maximum absolute atomic E-state index is 12.4. The minimum atomic E-state index is -0.858. The van der Waals surface area contributed by atoms with Crippen molar-refractivity contribution >= 4 is 11.9 Å². The van der Waals surface area contributed by atoms with Gasteiger partial charge in [0.2, 0.25) is 5.91 Å². The average Bonchev–Trinajstić information content (AvgIpc) is 3.24. The summed E-state index contributed by atoms with van der Waals surface area (Å²) < 4.78 is 5.44. The van der Waals surface area contributed by atoms with Gasteiger partial charge in [0.15, 0.2) is 0 Å². The normalized spacial score (nSPS) is 12.7. The third-order valence-corrected chi connectivity index (χ3v) is 12.3. The Morgan fingerprint density at radius 2 is 0.780 bits per heavy atom. The fraction of sp³-hybridized carbons (Fsp3) is 0.925. The van der Waals surface area contributed by atoms with Crippen molar-refractivity contribution in [1.82, 2.24) is 5.32 Å². The van der Waals surface area contributed by atoms with E-state index in [1.54, 1.807) is 6.08 Å². The molecular formula is C53H103NO5. The van der Waals surface area contributed by atoms with Crippen molar-refractivity contribution in [1.29, 1.82) is 0 Å². The molecule has 1 amide bonds. The van der Waals surface area contributed by atoms with E-state index < -0.39 is 12.1 Å². The second-order valence-electron chi connectivity index (χ2n) is 18.2. The minimum absolute atomic E-state index is 0.0206. The zero-order valence-corrected chi connectivity index (χ0v) is 39.7. The molecule has 0 rings (SSSR count). The number of rotatable bonds is 49. The lowest BCUT2D eigenvalue weighted by atomic mass is 10.0. The number of unbranched alkanes of at least 4 members (excludes halogenated alkanes) is 38. The van der Waals surface area contributed by atoms with Gasteiger partial charge in [-0.25, -0.2) is 0 Å². The van der Waals surface area contributed by atoms with Gasteiger partial charge >= 0.3 is 5.97 Å². The molecule has 0 aliphatic heterocycles.